The zero-order valence-electron chi connectivity index (χ0n) is 15.7. The lowest BCUT2D eigenvalue weighted by Gasteiger charge is -2.26. The third-order valence-corrected chi connectivity index (χ3v) is 4.87. The van der Waals surface area contributed by atoms with Crippen LogP contribution in [0.3, 0.4) is 0 Å². The molecule has 0 aliphatic carbocycles. The lowest BCUT2D eigenvalue weighted by atomic mass is 10.00. The van der Waals surface area contributed by atoms with Crippen LogP contribution in [0.1, 0.15) is 22.5 Å². The van der Waals surface area contributed by atoms with Crippen LogP contribution in [0, 0.1) is 0 Å². The summed E-state index contributed by atoms with van der Waals surface area (Å²) in [6, 6.07) is 17.8. The van der Waals surface area contributed by atoms with Gasteiger partial charge in [-0.3, -0.25) is 9.59 Å². The Hall–Kier alpha value is -3.67. The van der Waals surface area contributed by atoms with Gasteiger partial charge in [-0.25, -0.2) is 4.79 Å². The van der Waals surface area contributed by atoms with E-state index in [1.807, 2.05) is 36.4 Å². The average molecular weight is 389 g/mol. The lowest BCUT2D eigenvalue weighted by Crippen LogP contribution is -2.37. The van der Waals surface area contributed by atoms with Crippen LogP contribution in [-0.4, -0.2) is 36.5 Å². The largest absolute Gasteiger partial charge is 0.450 e. The minimum absolute atomic E-state index is 0.216. The van der Waals surface area contributed by atoms with Gasteiger partial charge in [0, 0.05) is 19.2 Å². The molecule has 0 saturated heterocycles. The molecule has 1 aliphatic rings. The van der Waals surface area contributed by atoms with Crippen LogP contribution < -0.4 is 5.43 Å². The standard InChI is InChI=1S/C23H19NO5/c25-19-14-21(29-20-9-5-4-8-18(19)20)23(27)28-15-22(26)24-12-10-17(11-13-24)16-6-2-1-3-7-16/h1-10,14H,11-13,15H2. The Bertz CT molecular complexity index is 1150. The Labute approximate surface area is 167 Å². The highest BCUT2D eigenvalue weighted by Crippen LogP contribution is 2.22. The minimum atomic E-state index is -0.835. The molecule has 1 aliphatic heterocycles. The number of benzene rings is 2. The van der Waals surface area contributed by atoms with Crippen molar-refractivity contribution in [2.45, 2.75) is 6.42 Å². The Morgan fingerprint density at radius 3 is 2.55 bits per heavy atom. The fraction of sp³-hybridized carbons (Fsp3) is 0.174. The van der Waals surface area contributed by atoms with Gasteiger partial charge in [0.1, 0.15) is 5.58 Å². The number of carbonyl (C=O) groups is 2. The van der Waals surface area contributed by atoms with Crippen LogP contribution in [0.5, 0.6) is 0 Å². The van der Waals surface area contributed by atoms with Crippen molar-refractivity contribution in [3.63, 3.8) is 0 Å². The van der Waals surface area contributed by atoms with Crippen LogP contribution in [0.2, 0.25) is 0 Å². The van der Waals surface area contributed by atoms with E-state index in [4.69, 9.17) is 9.15 Å². The van der Waals surface area contributed by atoms with Gasteiger partial charge in [-0.05, 0) is 29.7 Å². The van der Waals surface area contributed by atoms with Crippen LogP contribution in [0.4, 0.5) is 0 Å². The summed E-state index contributed by atoms with van der Waals surface area (Å²) in [5, 5.41) is 0.384. The van der Waals surface area contributed by atoms with Crippen LogP contribution in [-0.2, 0) is 9.53 Å². The molecule has 6 nitrogen and oxygen atoms in total. The SMILES string of the molecule is O=C(OCC(=O)N1CC=C(c2ccccc2)CC1)c1cc(=O)c2ccccc2o1. The second kappa shape index (κ2) is 8.14. The highest BCUT2D eigenvalue weighted by atomic mass is 16.5. The fourth-order valence-electron chi connectivity index (χ4n) is 3.30. The molecule has 0 radical (unpaired) electrons. The predicted octanol–water partition coefficient (Wildman–Crippen LogP) is 3.27. The van der Waals surface area contributed by atoms with E-state index in [1.54, 1.807) is 29.2 Å². The number of nitrogens with zero attached hydrogens (tertiary/aromatic N) is 1. The first-order valence-electron chi connectivity index (χ1n) is 9.34. The van der Waals surface area contributed by atoms with Gasteiger partial charge in [0.05, 0.1) is 5.39 Å². The third kappa shape index (κ3) is 4.11. The molecule has 0 fully saturated rings. The molecule has 0 atom stereocenters. The molecule has 3 aromatic rings. The second-order valence-corrected chi connectivity index (χ2v) is 6.73. The van der Waals surface area contributed by atoms with Crippen molar-refractivity contribution in [1.82, 2.24) is 4.90 Å². The zero-order chi connectivity index (χ0) is 20.2. The number of esters is 1. The van der Waals surface area contributed by atoms with Crippen LogP contribution >= 0.6 is 0 Å². The number of hydrogen-bond acceptors (Lipinski definition) is 5. The molecule has 0 saturated carbocycles. The number of amides is 1. The van der Waals surface area contributed by atoms with Crippen molar-refractivity contribution in [3.8, 4) is 0 Å². The molecular weight excluding hydrogens is 370 g/mol. The van der Waals surface area contributed by atoms with Crippen LogP contribution in [0.25, 0.3) is 16.5 Å². The third-order valence-electron chi connectivity index (χ3n) is 4.87. The predicted molar refractivity (Wildman–Crippen MR) is 108 cm³/mol. The normalized spacial score (nSPS) is 13.8. The Morgan fingerprint density at radius 2 is 1.79 bits per heavy atom. The molecule has 0 unspecified atom stereocenters. The maximum absolute atomic E-state index is 12.4. The quantitative estimate of drug-likeness (QED) is 0.640. The zero-order valence-corrected chi connectivity index (χ0v) is 15.7. The molecule has 0 spiro atoms. The van der Waals surface area contributed by atoms with Crippen molar-refractivity contribution >= 4 is 28.4 Å². The summed E-state index contributed by atoms with van der Waals surface area (Å²) in [5.41, 5.74) is 2.31. The molecule has 0 bridgehead atoms. The van der Waals surface area contributed by atoms with E-state index in [9.17, 15) is 14.4 Å². The number of carbonyl (C=O) groups excluding carboxylic acids is 2. The summed E-state index contributed by atoms with van der Waals surface area (Å²) in [7, 11) is 0. The first kappa shape index (κ1) is 18.7. The Morgan fingerprint density at radius 1 is 1.03 bits per heavy atom. The molecule has 1 amide bonds. The molecule has 4 rings (SSSR count). The molecule has 146 valence electrons. The topological polar surface area (TPSA) is 76.8 Å². The van der Waals surface area contributed by atoms with Crippen molar-refractivity contribution in [3.05, 3.63) is 88.3 Å². The van der Waals surface area contributed by atoms with Gasteiger partial charge in [0.25, 0.3) is 5.91 Å². The van der Waals surface area contributed by atoms with Gasteiger partial charge in [0.15, 0.2) is 12.0 Å². The number of rotatable bonds is 4. The highest BCUT2D eigenvalue weighted by Gasteiger charge is 2.21. The maximum Gasteiger partial charge on any atom is 0.374 e. The van der Waals surface area contributed by atoms with Gasteiger partial charge in [-0.15, -0.1) is 0 Å². The van der Waals surface area contributed by atoms with E-state index in [0.29, 0.717) is 24.1 Å². The number of fused-ring (bicyclic) bond motifs is 1. The van der Waals surface area contributed by atoms with Gasteiger partial charge in [0.2, 0.25) is 5.76 Å². The second-order valence-electron chi connectivity index (χ2n) is 6.73. The summed E-state index contributed by atoms with van der Waals surface area (Å²) in [6.07, 6.45) is 2.75. The van der Waals surface area contributed by atoms with E-state index in [0.717, 1.165) is 18.1 Å². The molecule has 2 aromatic carbocycles. The monoisotopic (exact) mass is 389 g/mol. The minimum Gasteiger partial charge on any atom is -0.450 e. The molecule has 1 aromatic heterocycles. The fourth-order valence-corrected chi connectivity index (χ4v) is 3.30. The highest BCUT2D eigenvalue weighted by molar-refractivity contribution is 5.90. The van der Waals surface area contributed by atoms with Gasteiger partial charge in [-0.1, -0.05) is 48.5 Å². The molecule has 2 heterocycles. The van der Waals surface area contributed by atoms with Gasteiger partial charge in [-0.2, -0.15) is 0 Å². The van der Waals surface area contributed by atoms with Crippen molar-refractivity contribution in [2.24, 2.45) is 0 Å². The number of ether oxygens (including phenoxy) is 1. The van der Waals surface area contributed by atoms with Crippen LogP contribution in [0.15, 0.2) is 76.0 Å². The Kier molecular flexibility index (Phi) is 5.24. The van der Waals surface area contributed by atoms with E-state index in [1.165, 1.54) is 5.57 Å². The smallest absolute Gasteiger partial charge is 0.374 e. The molecule has 0 N–H and O–H groups in total. The summed E-state index contributed by atoms with van der Waals surface area (Å²) in [4.78, 5) is 38.3. The van der Waals surface area contributed by atoms with Crippen molar-refractivity contribution in [1.29, 1.82) is 0 Å². The van der Waals surface area contributed by atoms with Crippen molar-refractivity contribution in [2.75, 3.05) is 19.7 Å². The molecule has 6 heteroatoms. The Balaban J connectivity index is 1.37. The van der Waals surface area contributed by atoms with Gasteiger partial charge < -0.3 is 14.1 Å². The van der Waals surface area contributed by atoms with E-state index in [-0.39, 0.29) is 17.1 Å². The summed E-state index contributed by atoms with van der Waals surface area (Å²) >= 11 is 0. The molecular formula is C23H19NO5. The van der Waals surface area contributed by atoms with E-state index >= 15 is 0 Å². The lowest BCUT2D eigenvalue weighted by molar-refractivity contribution is -0.134. The summed E-state index contributed by atoms with van der Waals surface area (Å²) in [5.74, 6) is -1.34. The summed E-state index contributed by atoms with van der Waals surface area (Å²) < 4.78 is 10.5. The first-order valence-corrected chi connectivity index (χ1v) is 9.34. The maximum atomic E-state index is 12.4. The van der Waals surface area contributed by atoms with Gasteiger partial charge >= 0.3 is 5.97 Å². The molecule has 29 heavy (non-hydrogen) atoms. The van der Waals surface area contributed by atoms with E-state index < -0.39 is 12.6 Å². The summed E-state index contributed by atoms with van der Waals surface area (Å²) in [6.45, 7) is 0.623. The number of hydrogen-bond donors (Lipinski definition) is 0. The average Bonchev–Trinajstić information content (AvgIpc) is 2.78. The van der Waals surface area contributed by atoms with E-state index in [2.05, 4.69) is 0 Å². The van der Waals surface area contributed by atoms with Crippen molar-refractivity contribution < 1.29 is 18.7 Å². The first-order chi connectivity index (χ1) is 14.1. The number of para-hydroxylation sites is 1.